The quantitative estimate of drug-likeness (QED) is 0.776. The monoisotopic (exact) mass is 297 g/mol. The second kappa shape index (κ2) is 4.63. The number of rotatable bonds is 2. The zero-order valence-electron chi connectivity index (χ0n) is 10.9. The molecule has 0 saturated carbocycles. The molecule has 0 spiro atoms. The van der Waals surface area contributed by atoms with Crippen LogP contribution in [-0.2, 0) is 6.42 Å². The maximum atomic E-state index is 11.2. The molecule has 1 aromatic heterocycles. The number of hydrogen-bond acceptors (Lipinski definition) is 4. The van der Waals surface area contributed by atoms with Gasteiger partial charge in [-0.25, -0.2) is 9.78 Å². The molecule has 0 bridgehead atoms. The number of fused-ring (bicyclic) bond motifs is 2. The van der Waals surface area contributed by atoms with E-state index in [1.807, 2.05) is 12.1 Å². The fraction of sp³-hybridized carbons (Fsp3) is 0.125. The van der Waals surface area contributed by atoms with Crippen LogP contribution in [0.1, 0.15) is 27.1 Å². The van der Waals surface area contributed by atoms with E-state index in [1.54, 1.807) is 30.0 Å². The summed E-state index contributed by atoms with van der Waals surface area (Å²) in [6.45, 7) is 0. The minimum absolute atomic E-state index is 0.108. The first kappa shape index (κ1) is 12.5. The summed E-state index contributed by atoms with van der Waals surface area (Å²) in [5.41, 5.74) is 2.43. The molecule has 0 fully saturated rings. The van der Waals surface area contributed by atoms with Crippen LogP contribution in [0.2, 0.25) is 0 Å². The molecule has 1 unspecified atom stereocenters. The van der Waals surface area contributed by atoms with E-state index in [2.05, 4.69) is 17.1 Å². The Hall–Kier alpha value is -2.27. The smallest absolute Gasteiger partial charge is 0.338 e. The number of benzene rings is 2. The average Bonchev–Trinajstić information content (AvgIpc) is 3.09. The predicted octanol–water partition coefficient (Wildman–Crippen LogP) is 3.92. The lowest BCUT2D eigenvalue weighted by molar-refractivity contribution is 0.0699. The molecule has 0 saturated heterocycles. The van der Waals surface area contributed by atoms with Crippen LogP contribution in [0.25, 0.3) is 11.1 Å². The Kier molecular flexibility index (Phi) is 2.75. The number of nitrogens with zero attached hydrogens (tertiary/aromatic N) is 1. The van der Waals surface area contributed by atoms with E-state index in [0.717, 1.165) is 6.42 Å². The lowest BCUT2D eigenvalue weighted by Gasteiger charge is -2.01. The first-order valence-electron chi connectivity index (χ1n) is 6.59. The van der Waals surface area contributed by atoms with Crippen molar-refractivity contribution in [3.8, 4) is 0 Å². The minimum Gasteiger partial charge on any atom is -0.478 e. The molecule has 1 N–H and O–H groups in total. The maximum absolute atomic E-state index is 11.2. The van der Waals surface area contributed by atoms with E-state index in [0.29, 0.717) is 17.0 Å². The Morgan fingerprint density at radius 1 is 1.24 bits per heavy atom. The molecular formula is C16H11NO3S. The molecule has 104 valence electrons. The van der Waals surface area contributed by atoms with Gasteiger partial charge in [-0.15, -0.1) is 11.8 Å². The van der Waals surface area contributed by atoms with E-state index in [9.17, 15) is 9.90 Å². The van der Waals surface area contributed by atoms with E-state index in [1.165, 1.54) is 10.5 Å². The van der Waals surface area contributed by atoms with Crippen molar-refractivity contribution in [1.29, 1.82) is 0 Å². The lowest BCUT2D eigenvalue weighted by atomic mass is 10.1. The number of aromatic nitrogens is 1. The van der Waals surface area contributed by atoms with Gasteiger partial charge in [0.25, 0.3) is 0 Å². The third kappa shape index (κ3) is 2.01. The number of thioether (sulfide) groups is 1. The molecule has 5 heteroatoms. The highest BCUT2D eigenvalue weighted by atomic mass is 32.2. The molecule has 3 aromatic rings. The molecule has 4 rings (SSSR count). The summed E-state index contributed by atoms with van der Waals surface area (Å²) in [4.78, 5) is 16.9. The topological polar surface area (TPSA) is 63.3 Å². The van der Waals surface area contributed by atoms with Gasteiger partial charge in [0.1, 0.15) is 5.52 Å². The van der Waals surface area contributed by atoms with Crippen LogP contribution < -0.4 is 0 Å². The molecule has 2 aromatic carbocycles. The van der Waals surface area contributed by atoms with Gasteiger partial charge < -0.3 is 9.52 Å². The average molecular weight is 297 g/mol. The first-order valence-corrected chi connectivity index (χ1v) is 7.47. The normalized spacial score (nSPS) is 17.0. The molecule has 4 nitrogen and oxygen atoms in total. The van der Waals surface area contributed by atoms with Gasteiger partial charge in [-0.05, 0) is 30.2 Å². The van der Waals surface area contributed by atoms with Crippen molar-refractivity contribution in [2.45, 2.75) is 16.6 Å². The van der Waals surface area contributed by atoms with Crippen LogP contribution in [-0.4, -0.2) is 16.1 Å². The fourth-order valence-electron chi connectivity index (χ4n) is 2.60. The molecular weight excluding hydrogens is 286 g/mol. The van der Waals surface area contributed by atoms with E-state index in [4.69, 9.17) is 4.42 Å². The van der Waals surface area contributed by atoms with Gasteiger partial charge in [0.05, 0.1) is 10.8 Å². The summed E-state index contributed by atoms with van der Waals surface area (Å²) >= 11 is 1.72. The molecule has 0 amide bonds. The van der Waals surface area contributed by atoms with Crippen molar-refractivity contribution in [3.05, 3.63) is 59.5 Å². The summed E-state index contributed by atoms with van der Waals surface area (Å²) in [5, 5.41) is 9.32. The molecule has 0 aliphatic carbocycles. The number of carboxylic acid groups (broad SMARTS) is 1. The second-order valence-corrected chi connectivity index (χ2v) is 6.17. The van der Waals surface area contributed by atoms with Crippen molar-refractivity contribution >= 4 is 28.8 Å². The summed E-state index contributed by atoms with van der Waals surface area (Å²) in [6, 6.07) is 13.2. The number of aromatic carboxylic acids is 1. The van der Waals surface area contributed by atoms with Crippen molar-refractivity contribution in [2.75, 3.05) is 0 Å². The third-order valence-electron chi connectivity index (χ3n) is 3.59. The van der Waals surface area contributed by atoms with Crippen LogP contribution in [0.5, 0.6) is 0 Å². The van der Waals surface area contributed by atoms with Crippen molar-refractivity contribution < 1.29 is 14.3 Å². The van der Waals surface area contributed by atoms with Gasteiger partial charge in [-0.3, -0.25) is 0 Å². The van der Waals surface area contributed by atoms with Crippen molar-refractivity contribution in [2.24, 2.45) is 0 Å². The van der Waals surface area contributed by atoms with Crippen molar-refractivity contribution in [3.63, 3.8) is 0 Å². The van der Waals surface area contributed by atoms with Crippen LogP contribution in [0.3, 0.4) is 0 Å². The van der Waals surface area contributed by atoms with Crippen LogP contribution in [0.15, 0.2) is 51.8 Å². The zero-order valence-corrected chi connectivity index (χ0v) is 11.8. The highest BCUT2D eigenvalue weighted by molar-refractivity contribution is 7.99. The fourth-order valence-corrected chi connectivity index (χ4v) is 3.83. The van der Waals surface area contributed by atoms with Crippen LogP contribution >= 0.6 is 11.8 Å². The summed E-state index contributed by atoms with van der Waals surface area (Å²) < 4.78 is 5.78. The Morgan fingerprint density at radius 2 is 2.10 bits per heavy atom. The Balaban J connectivity index is 1.76. The Morgan fingerprint density at radius 3 is 2.90 bits per heavy atom. The van der Waals surface area contributed by atoms with E-state index < -0.39 is 5.97 Å². The van der Waals surface area contributed by atoms with Gasteiger partial charge in [0.15, 0.2) is 5.58 Å². The summed E-state index contributed by atoms with van der Waals surface area (Å²) in [5.74, 6) is -0.386. The summed E-state index contributed by atoms with van der Waals surface area (Å²) in [7, 11) is 0. The Bertz CT molecular complexity index is 831. The van der Waals surface area contributed by atoms with Crippen LogP contribution in [0.4, 0.5) is 0 Å². The number of hydrogen-bond donors (Lipinski definition) is 1. The molecule has 1 atom stereocenters. The van der Waals surface area contributed by atoms with Crippen LogP contribution in [0, 0.1) is 0 Å². The molecule has 1 aliphatic heterocycles. The zero-order chi connectivity index (χ0) is 14.4. The van der Waals surface area contributed by atoms with E-state index >= 15 is 0 Å². The first-order chi connectivity index (χ1) is 10.2. The minimum atomic E-state index is -0.984. The third-order valence-corrected chi connectivity index (χ3v) is 4.89. The van der Waals surface area contributed by atoms with Crippen molar-refractivity contribution in [1.82, 2.24) is 4.98 Å². The molecule has 0 radical (unpaired) electrons. The maximum Gasteiger partial charge on any atom is 0.338 e. The predicted molar refractivity (Wildman–Crippen MR) is 79.7 cm³/mol. The largest absolute Gasteiger partial charge is 0.478 e. The number of para-hydroxylation sites is 1. The molecule has 2 heterocycles. The second-order valence-electron chi connectivity index (χ2n) is 4.93. The Labute approximate surface area is 124 Å². The number of carbonyl (C=O) groups is 1. The molecule has 21 heavy (non-hydrogen) atoms. The van der Waals surface area contributed by atoms with Gasteiger partial charge in [0.2, 0.25) is 5.89 Å². The van der Waals surface area contributed by atoms with E-state index in [-0.39, 0.29) is 10.8 Å². The SMILES string of the molecule is O=C(O)c1cccc2oc(C3Cc4ccccc4S3)nc12. The molecule has 1 aliphatic rings. The summed E-state index contributed by atoms with van der Waals surface area (Å²) in [6.07, 6.45) is 0.857. The van der Waals surface area contributed by atoms with Gasteiger partial charge >= 0.3 is 5.97 Å². The lowest BCUT2D eigenvalue weighted by Crippen LogP contribution is -1.97. The van der Waals surface area contributed by atoms with Gasteiger partial charge in [-0.2, -0.15) is 0 Å². The standard InChI is InChI=1S/C16H11NO3S/c18-16(19)10-5-3-6-11-14(10)17-15(20-11)13-8-9-4-1-2-7-12(9)21-13/h1-7,13H,8H2,(H,18,19). The highest BCUT2D eigenvalue weighted by Crippen LogP contribution is 2.46. The van der Waals surface area contributed by atoms with Gasteiger partial charge in [-0.1, -0.05) is 24.3 Å². The van der Waals surface area contributed by atoms with Gasteiger partial charge in [0, 0.05) is 4.90 Å². The highest BCUT2D eigenvalue weighted by Gasteiger charge is 2.28. The number of oxazole rings is 1. The number of carboxylic acids is 1.